The van der Waals surface area contributed by atoms with Crippen molar-refractivity contribution in [3.63, 3.8) is 0 Å². The largest absolute Gasteiger partial charge is 0.389 e. The summed E-state index contributed by atoms with van der Waals surface area (Å²) in [5, 5.41) is 4.66. The predicted octanol–water partition coefficient (Wildman–Crippen LogP) is 2.16. The predicted molar refractivity (Wildman–Crippen MR) is 64.5 cm³/mol. The first-order chi connectivity index (χ1) is 7.18. The van der Waals surface area contributed by atoms with Gasteiger partial charge in [0.25, 0.3) is 0 Å². The number of rotatable bonds is 2. The molecule has 0 unspecified atom stereocenters. The minimum absolute atomic E-state index is 0.337. The number of aromatic nitrogens is 2. The second-order valence-corrected chi connectivity index (χ2v) is 3.83. The van der Waals surface area contributed by atoms with Gasteiger partial charge < -0.3 is 5.73 Å². The summed E-state index contributed by atoms with van der Waals surface area (Å²) in [6.45, 7) is 0. The smallest absolute Gasteiger partial charge is 0.104 e. The number of halogens is 1. The average Bonchev–Trinajstić information content (AvgIpc) is 2.70. The van der Waals surface area contributed by atoms with Crippen LogP contribution in [-0.2, 0) is 0 Å². The molecule has 0 aliphatic carbocycles. The summed E-state index contributed by atoms with van der Waals surface area (Å²) in [5.74, 6) is 0. The van der Waals surface area contributed by atoms with Crippen molar-refractivity contribution >= 4 is 28.8 Å². The highest BCUT2D eigenvalue weighted by atomic mass is 35.5. The lowest BCUT2D eigenvalue weighted by atomic mass is 10.2. The van der Waals surface area contributed by atoms with Gasteiger partial charge in [-0.25, -0.2) is 4.68 Å². The molecule has 5 heteroatoms. The lowest BCUT2D eigenvalue weighted by Gasteiger charge is -2.05. The molecule has 1 aromatic heterocycles. The van der Waals surface area contributed by atoms with Crippen LogP contribution in [-0.4, -0.2) is 14.8 Å². The molecule has 1 heterocycles. The molecule has 15 heavy (non-hydrogen) atoms. The highest BCUT2D eigenvalue weighted by Crippen LogP contribution is 2.21. The van der Waals surface area contributed by atoms with Crippen LogP contribution in [0.25, 0.3) is 5.69 Å². The normalized spacial score (nSPS) is 10.2. The number of thiocarbonyl (C=S) groups is 1. The van der Waals surface area contributed by atoms with Crippen LogP contribution in [0.3, 0.4) is 0 Å². The lowest BCUT2D eigenvalue weighted by molar-refractivity contribution is 0.880. The van der Waals surface area contributed by atoms with E-state index in [4.69, 9.17) is 29.6 Å². The molecule has 0 radical (unpaired) electrons. The first-order valence-corrected chi connectivity index (χ1v) is 5.06. The Balaban J connectivity index is 2.48. The van der Waals surface area contributed by atoms with E-state index in [9.17, 15) is 0 Å². The quantitative estimate of drug-likeness (QED) is 0.815. The zero-order chi connectivity index (χ0) is 10.8. The van der Waals surface area contributed by atoms with Gasteiger partial charge in [0.05, 0.1) is 10.7 Å². The molecular formula is C10H8ClN3S. The molecule has 2 rings (SSSR count). The van der Waals surface area contributed by atoms with E-state index in [1.165, 1.54) is 0 Å². The SMILES string of the molecule is NC(=S)c1ccc(-n2cccn2)c(Cl)c1. The Morgan fingerprint density at radius 3 is 2.80 bits per heavy atom. The number of nitrogens with two attached hydrogens (primary N) is 1. The Labute approximate surface area is 97.5 Å². The number of hydrogen-bond donors (Lipinski definition) is 1. The van der Waals surface area contributed by atoms with E-state index in [1.807, 2.05) is 24.4 Å². The van der Waals surface area contributed by atoms with Crippen LogP contribution in [0, 0.1) is 0 Å². The number of hydrogen-bond acceptors (Lipinski definition) is 2. The lowest BCUT2D eigenvalue weighted by Crippen LogP contribution is -2.09. The molecule has 3 nitrogen and oxygen atoms in total. The molecule has 2 aromatic rings. The van der Waals surface area contributed by atoms with Crippen molar-refractivity contribution < 1.29 is 0 Å². The molecule has 0 aliphatic heterocycles. The second kappa shape index (κ2) is 4.00. The number of nitrogens with zero attached hydrogens (tertiary/aromatic N) is 2. The van der Waals surface area contributed by atoms with Gasteiger partial charge in [-0.15, -0.1) is 0 Å². The number of benzene rings is 1. The van der Waals surface area contributed by atoms with Crippen LogP contribution >= 0.6 is 23.8 Å². The molecule has 0 atom stereocenters. The van der Waals surface area contributed by atoms with E-state index in [-0.39, 0.29) is 0 Å². The fraction of sp³-hybridized carbons (Fsp3) is 0. The van der Waals surface area contributed by atoms with Gasteiger partial charge in [0.1, 0.15) is 4.99 Å². The molecule has 76 valence electrons. The molecule has 0 fully saturated rings. The molecule has 0 bridgehead atoms. The molecule has 0 saturated carbocycles. The minimum Gasteiger partial charge on any atom is -0.389 e. The summed E-state index contributed by atoms with van der Waals surface area (Å²) >= 11 is 11.0. The van der Waals surface area contributed by atoms with Crippen molar-refractivity contribution in [1.82, 2.24) is 9.78 Å². The second-order valence-electron chi connectivity index (χ2n) is 2.98. The zero-order valence-electron chi connectivity index (χ0n) is 7.72. The van der Waals surface area contributed by atoms with Crippen molar-refractivity contribution in [2.45, 2.75) is 0 Å². The van der Waals surface area contributed by atoms with E-state index in [0.717, 1.165) is 11.3 Å². The highest BCUT2D eigenvalue weighted by molar-refractivity contribution is 7.80. The Hall–Kier alpha value is -1.39. The van der Waals surface area contributed by atoms with Crippen LogP contribution in [0.15, 0.2) is 36.7 Å². The summed E-state index contributed by atoms with van der Waals surface area (Å²) in [6.07, 6.45) is 3.51. The molecule has 0 saturated heterocycles. The topological polar surface area (TPSA) is 43.8 Å². The van der Waals surface area contributed by atoms with Crippen molar-refractivity contribution in [3.05, 3.63) is 47.2 Å². The van der Waals surface area contributed by atoms with Crippen LogP contribution in [0.1, 0.15) is 5.56 Å². The third-order valence-electron chi connectivity index (χ3n) is 1.98. The van der Waals surface area contributed by atoms with Crippen LogP contribution in [0.4, 0.5) is 0 Å². The molecule has 0 amide bonds. The zero-order valence-corrected chi connectivity index (χ0v) is 9.29. The Bertz CT molecular complexity index is 493. The van der Waals surface area contributed by atoms with Gasteiger partial charge in [0.15, 0.2) is 0 Å². The van der Waals surface area contributed by atoms with E-state index in [0.29, 0.717) is 10.0 Å². The molecule has 2 N–H and O–H groups in total. The van der Waals surface area contributed by atoms with Gasteiger partial charge in [-0.2, -0.15) is 5.10 Å². The summed E-state index contributed by atoms with van der Waals surface area (Å²) in [5.41, 5.74) is 7.06. The third kappa shape index (κ3) is 2.00. The van der Waals surface area contributed by atoms with Gasteiger partial charge in [0.2, 0.25) is 0 Å². The van der Waals surface area contributed by atoms with Gasteiger partial charge in [-0.3, -0.25) is 0 Å². The average molecular weight is 238 g/mol. The van der Waals surface area contributed by atoms with Crippen molar-refractivity contribution in [3.8, 4) is 5.69 Å². The van der Waals surface area contributed by atoms with Crippen molar-refractivity contribution in [2.75, 3.05) is 0 Å². The summed E-state index contributed by atoms with van der Waals surface area (Å²) < 4.78 is 1.69. The van der Waals surface area contributed by atoms with Gasteiger partial charge in [-0.1, -0.05) is 23.8 Å². The van der Waals surface area contributed by atoms with Gasteiger partial charge in [0, 0.05) is 18.0 Å². The summed E-state index contributed by atoms with van der Waals surface area (Å²) in [4.78, 5) is 0.337. The van der Waals surface area contributed by atoms with Gasteiger partial charge in [-0.05, 0) is 24.3 Å². The minimum atomic E-state index is 0.337. The van der Waals surface area contributed by atoms with Crippen molar-refractivity contribution in [1.29, 1.82) is 0 Å². The monoisotopic (exact) mass is 237 g/mol. The van der Waals surface area contributed by atoms with Crippen LogP contribution < -0.4 is 5.73 Å². The Morgan fingerprint density at radius 2 is 2.27 bits per heavy atom. The molecule has 0 aliphatic rings. The van der Waals surface area contributed by atoms with E-state index in [2.05, 4.69) is 5.10 Å². The Morgan fingerprint density at radius 1 is 1.47 bits per heavy atom. The fourth-order valence-corrected chi connectivity index (χ4v) is 1.65. The van der Waals surface area contributed by atoms with E-state index < -0.39 is 0 Å². The maximum Gasteiger partial charge on any atom is 0.104 e. The van der Waals surface area contributed by atoms with Gasteiger partial charge >= 0.3 is 0 Å². The maximum atomic E-state index is 6.09. The fourth-order valence-electron chi connectivity index (χ4n) is 1.26. The molecular weight excluding hydrogens is 230 g/mol. The standard InChI is InChI=1S/C10H8ClN3S/c11-8-6-7(10(12)15)2-3-9(8)14-5-1-4-13-14/h1-6H,(H2,12,15). The molecule has 0 spiro atoms. The van der Waals surface area contributed by atoms with Crippen LogP contribution in [0.5, 0.6) is 0 Å². The first-order valence-electron chi connectivity index (χ1n) is 4.28. The van der Waals surface area contributed by atoms with E-state index >= 15 is 0 Å². The third-order valence-corrected chi connectivity index (χ3v) is 2.52. The maximum absolute atomic E-state index is 6.09. The molecule has 1 aromatic carbocycles. The van der Waals surface area contributed by atoms with Crippen LogP contribution in [0.2, 0.25) is 5.02 Å². The van der Waals surface area contributed by atoms with E-state index in [1.54, 1.807) is 16.9 Å². The van der Waals surface area contributed by atoms with Crippen molar-refractivity contribution in [2.24, 2.45) is 5.73 Å². The Kier molecular flexibility index (Phi) is 2.70. The summed E-state index contributed by atoms with van der Waals surface area (Å²) in [6, 6.07) is 7.23. The summed E-state index contributed by atoms with van der Waals surface area (Å²) in [7, 11) is 0. The first kappa shape index (κ1) is 10.1. The highest BCUT2D eigenvalue weighted by Gasteiger charge is 2.05.